The van der Waals surface area contributed by atoms with Gasteiger partial charge in [-0.05, 0) is 44.7 Å². The largest absolute Gasteiger partial charge is 0.493 e. The van der Waals surface area contributed by atoms with Crippen molar-refractivity contribution in [2.45, 2.75) is 51.1 Å². The molecular weight excluding hydrogens is 332 g/mol. The molecule has 2 fully saturated rings. The van der Waals surface area contributed by atoms with E-state index < -0.39 is 0 Å². The van der Waals surface area contributed by atoms with Crippen LogP contribution in [0.25, 0.3) is 0 Å². The molecule has 2 atom stereocenters. The average molecular weight is 360 g/mol. The van der Waals surface area contributed by atoms with Crippen molar-refractivity contribution in [3.05, 3.63) is 24.3 Å². The molecule has 0 aromatic heterocycles. The molecule has 0 N–H and O–H groups in total. The minimum atomic E-state index is -0.275. The highest BCUT2D eigenvalue weighted by molar-refractivity contribution is 5.79. The third kappa shape index (κ3) is 3.37. The van der Waals surface area contributed by atoms with Crippen LogP contribution in [0.5, 0.6) is 11.5 Å². The van der Waals surface area contributed by atoms with Crippen LogP contribution in [0.15, 0.2) is 24.3 Å². The lowest BCUT2D eigenvalue weighted by Crippen LogP contribution is -2.68. The van der Waals surface area contributed by atoms with Crippen LogP contribution in [0, 0.1) is 0 Å². The fourth-order valence-electron chi connectivity index (χ4n) is 4.52. The molecule has 1 aromatic rings. The van der Waals surface area contributed by atoms with Gasteiger partial charge in [-0.2, -0.15) is 0 Å². The second-order valence-electron chi connectivity index (χ2n) is 7.32. The number of para-hydroxylation sites is 2. The van der Waals surface area contributed by atoms with Crippen LogP contribution in [-0.4, -0.2) is 60.0 Å². The highest BCUT2D eigenvalue weighted by Crippen LogP contribution is 2.39. The number of likely N-dealkylation sites (tertiary alicyclic amines) is 2. The second kappa shape index (κ2) is 7.56. The van der Waals surface area contributed by atoms with E-state index in [2.05, 4.69) is 6.92 Å². The molecule has 2 saturated heterocycles. The number of nitrogens with zero attached hydrogens (tertiary/aromatic N) is 2. The molecule has 6 nitrogen and oxygen atoms in total. The van der Waals surface area contributed by atoms with Gasteiger partial charge in [-0.25, -0.2) is 0 Å². The van der Waals surface area contributed by atoms with E-state index >= 15 is 0 Å². The molecule has 26 heavy (non-hydrogen) atoms. The van der Waals surface area contributed by atoms with E-state index in [1.165, 1.54) is 0 Å². The molecule has 0 bridgehead atoms. The molecule has 2 heterocycles. The summed E-state index contributed by atoms with van der Waals surface area (Å²) in [6.45, 7) is 5.23. The lowest BCUT2D eigenvalue weighted by atomic mass is 9.76. The van der Waals surface area contributed by atoms with Gasteiger partial charge < -0.3 is 19.3 Å². The van der Waals surface area contributed by atoms with Gasteiger partial charge in [0.2, 0.25) is 5.91 Å². The molecule has 0 spiro atoms. The zero-order chi connectivity index (χ0) is 18.7. The van der Waals surface area contributed by atoms with E-state index in [9.17, 15) is 9.59 Å². The lowest BCUT2D eigenvalue weighted by Gasteiger charge is -2.56. The molecule has 2 aliphatic rings. The Hall–Kier alpha value is -2.24. The van der Waals surface area contributed by atoms with Crippen LogP contribution in [0.3, 0.4) is 0 Å². The van der Waals surface area contributed by atoms with E-state index in [4.69, 9.17) is 9.47 Å². The highest BCUT2D eigenvalue weighted by atomic mass is 16.5. The number of carbonyl (C=O) groups is 2. The fourth-order valence-corrected chi connectivity index (χ4v) is 4.52. The Morgan fingerprint density at radius 1 is 1.19 bits per heavy atom. The Balaban J connectivity index is 1.72. The molecule has 0 saturated carbocycles. The number of hydrogen-bond donors (Lipinski definition) is 0. The number of carbonyl (C=O) groups excluding carboxylic acids is 2. The van der Waals surface area contributed by atoms with Crippen LogP contribution in [0.1, 0.15) is 39.5 Å². The minimum absolute atomic E-state index is 0.0208. The van der Waals surface area contributed by atoms with Crippen LogP contribution in [-0.2, 0) is 9.59 Å². The smallest absolute Gasteiger partial charge is 0.260 e. The molecule has 2 amide bonds. The van der Waals surface area contributed by atoms with Crippen molar-refractivity contribution in [3.8, 4) is 11.5 Å². The zero-order valence-corrected chi connectivity index (χ0v) is 15.9. The SMILES string of the molecule is COc1ccccc1OCC(=O)N1CCC[C@@]2(C)[C@H]1CCCN2C(C)=O. The molecule has 3 rings (SSSR count). The van der Waals surface area contributed by atoms with Gasteiger partial charge in [0, 0.05) is 20.0 Å². The van der Waals surface area contributed by atoms with Gasteiger partial charge in [-0.15, -0.1) is 0 Å². The normalized spacial score (nSPS) is 25.4. The summed E-state index contributed by atoms with van der Waals surface area (Å²) >= 11 is 0. The van der Waals surface area contributed by atoms with E-state index in [0.717, 1.165) is 38.8 Å². The lowest BCUT2D eigenvalue weighted by molar-refractivity contribution is -0.155. The van der Waals surface area contributed by atoms with Crippen molar-refractivity contribution in [1.29, 1.82) is 0 Å². The van der Waals surface area contributed by atoms with Crippen LogP contribution >= 0.6 is 0 Å². The summed E-state index contributed by atoms with van der Waals surface area (Å²) in [5.74, 6) is 1.25. The van der Waals surface area contributed by atoms with E-state index in [-0.39, 0.29) is 30.0 Å². The van der Waals surface area contributed by atoms with Gasteiger partial charge in [0.1, 0.15) is 0 Å². The first-order chi connectivity index (χ1) is 12.5. The van der Waals surface area contributed by atoms with Gasteiger partial charge in [-0.1, -0.05) is 12.1 Å². The maximum atomic E-state index is 12.9. The first kappa shape index (κ1) is 18.5. The predicted octanol–water partition coefficient (Wildman–Crippen LogP) is 2.47. The predicted molar refractivity (Wildman–Crippen MR) is 98.3 cm³/mol. The Morgan fingerprint density at radius 3 is 2.62 bits per heavy atom. The third-order valence-corrected chi connectivity index (χ3v) is 5.77. The number of amides is 2. The first-order valence-corrected chi connectivity index (χ1v) is 9.31. The quantitative estimate of drug-likeness (QED) is 0.828. The first-order valence-electron chi connectivity index (χ1n) is 9.31. The molecule has 6 heteroatoms. The maximum absolute atomic E-state index is 12.9. The summed E-state index contributed by atoms with van der Waals surface area (Å²) in [5.41, 5.74) is -0.275. The molecule has 0 unspecified atom stereocenters. The Kier molecular flexibility index (Phi) is 5.39. The van der Waals surface area contributed by atoms with Gasteiger partial charge in [0.25, 0.3) is 5.91 Å². The number of rotatable bonds is 4. The summed E-state index contributed by atoms with van der Waals surface area (Å²) < 4.78 is 11.0. The molecule has 0 aliphatic carbocycles. The molecule has 2 aliphatic heterocycles. The van der Waals surface area contributed by atoms with Crippen LogP contribution < -0.4 is 9.47 Å². The van der Waals surface area contributed by atoms with Crippen molar-refractivity contribution in [3.63, 3.8) is 0 Å². The molecule has 1 aromatic carbocycles. The number of fused-ring (bicyclic) bond motifs is 1. The Morgan fingerprint density at radius 2 is 1.92 bits per heavy atom. The highest BCUT2D eigenvalue weighted by Gasteiger charge is 2.49. The van der Waals surface area contributed by atoms with Crippen molar-refractivity contribution in [2.24, 2.45) is 0 Å². The van der Waals surface area contributed by atoms with Crippen molar-refractivity contribution < 1.29 is 19.1 Å². The van der Waals surface area contributed by atoms with Crippen molar-refractivity contribution in [1.82, 2.24) is 9.80 Å². The summed E-state index contributed by atoms with van der Waals surface area (Å²) in [6, 6.07) is 7.38. The van der Waals surface area contributed by atoms with E-state index in [1.54, 1.807) is 20.1 Å². The van der Waals surface area contributed by atoms with E-state index in [0.29, 0.717) is 11.5 Å². The molecule has 142 valence electrons. The Bertz CT molecular complexity index is 678. The van der Waals surface area contributed by atoms with Gasteiger partial charge in [0.15, 0.2) is 18.1 Å². The molecule has 0 radical (unpaired) electrons. The summed E-state index contributed by atoms with van der Waals surface area (Å²) in [4.78, 5) is 28.9. The average Bonchev–Trinajstić information content (AvgIpc) is 2.64. The number of ether oxygens (including phenoxy) is 2. The zero-order valence-electron chi connectivity index (χ0n) is 15.9. The topological polar surface area (TPSA) is 59.1 Å². The maximum Gasteiger partial charge on any atom is 0.260 e. The van der Waals surface area contributed by atoms with Crippen LogP contribution in [0.2, 0.25) is 0 Å². The number of hydrogen-bond acceptors (Lipinski definition) is 4. The third-order valence-electron chi connectivity index (χ3n) is 5.77. The fraction of sp³-hybridized carbons (Fsp3) is 0.600. The number of piperidine rings is 2. The van der Waals surface area contributed by atoms with Gasteiger partial charge in [-0.3, -0.25) is 9.59 Å². The summed E-state index contributed by atoms with van der Waals surface area (Å²) in [6.07, 6.45) is 3.70. The number of methoxy groups -OCH3 is 1. The molecular formula is C20H28N2O4. The minimum Gasteiger partial charge on any atom is -0.493 e. The summed E-state index contributed by atoms with van der Waals surface area (Å²) in [5, 5.41) is 0. The Labute approximate surface area is 155 Å². The summed E-state index contributed by atoms with van der Waals surface area (Å²) in [7, 11) is 1.58. The van der Waals surface area contributed by atoms with Gasteiger partial charge >= 0.3 is 0 Å². The second-order valence-corrected chi connectivity index (χ2v) is 7.32. The standard InChI is InChI=1S/C20H28N2O4/c1-15(23)22-13-6-10-18-20(22,2)11-7-12-21(18)19(24)14-26-17-9-5-4-8-16(17)25-3/h4-5,8-9,18H,6-7,10-14H2,1-3H3/t18-,20+/m1/s1. The van der Waals surface area contributed by atoms with Crippen molar-refractivity contribution >= 4 is 11.8 Å². The van der Waals surface area contributed by atoms with Gasteiger partial charge in [0.05, 0.1) is 18.7 Å². The van der Waals surface area contributed by atoms with Crippen molar-refractivity contribution in [2.75, 3.05) is 26.8 Å². The number of benzene rings is 1. The van der Waals surface area contributed by atoms with E-state index in [1.807, 2.05) is 28.0 Å². The van der Waals surface area contributed by atoms with Crippen LogP contribution in [0.4, 0.5) is 0 Å². The monoisotopic (exact) mass is 360 g/mol.